The third-order valence-electron chi connectivity index (χ3n) is 11.5. The third kappa shape index (κ3) is 17.4. The van der Waals surface area contributed by atoms with Crippen LogP contribution in [-0.2, 0) is 25.6 Å². The largest absolute Gasteiger partial charge is 0.493 e. The van der Waals surface area contributed by atoms with Gasteiger partial charge in [0.2, 0.25) is 0 Å². The predicted octanol–water partition coefficient (Wildman–Crippen LogP) is 11.5. The van der Waals surface area contributed by atoms with E-state index in [1.807, 2.05) is 50.2 Å². The fourth-order valence-corrected chi connectivity index (χ4v) is 7.94. The summed E-state index contributed by atoms with van der Waals surface area (Å²) in [6.45, 7) is 15.4. The Morgan fingerprint density at radius 2 is 1.13 bits per heavy atom. The van der Waals surface area contributed by atoms with Crippen molar-refractivity contribution in [3.8, 4) is 11.5 Å². The van der Waals surface area contributed by atoms with Gasteiger partial charge in [-0.15, -0.1) is 0 Å². The van der Waals surface area contributed by atoms with Crippen molar-refractivity contribution in [2.45, 2.75) is 124 Å². The van der Waals surface area contributed by atoms with Gasteiger partial charge in [-0.05, 0) is 125 Å². The molecule has 2 aliphatic heterocycles. The lowest BCUT2D eigenvalue weighted by Gasteiger charge is -2.30. The molecule has 0 unspecified atom stereocenters. The van der Waals surface area contributed by atoms with Crippen molar-refractivity contribution in [1.82, 2.24) is 10.2 Å². The lowest BCUT2D eigenvalue weighted by molar-refractivity contribution is -0.150. The maximum atomic E-state index is 11.9. The SMILES string of the molecule is CCCCCCCOc1cccc2cc(C=O)ccc12.CCCCCCCOc1cccc2cc(CN3CCC(C(=O)OCC)CC3)ccc12.CCOC(=O)C1CCNCC1. The smallest absolute Gasteiger partial charge is 0.309 e. The number of piperidine rings is 2. The first-order chi connectivity index (χ1) is 29.9. The van der Waals surface area contributed by atoms with E-state index in [0.717, 1.165) is 113 Å². The molecule has 0 bridgehead atoms. The number of benzene rings is 4. The molecule has 4 aromatic rings. The molecule has 2 heterocycles. The van der Waals surface area contributed by atoms with E-state index in [4.69, 9.17) is 18.9 Å². The molecule has 0 aromatic heterocycles. The van der Waals surface area contributed by atoms with Gasteiger partial charge in [-0.1, -0.05) is 108 Å². The monoisotopic (exact) mass is 839 g/mol. The first-order valence-corrected chi connectivity index (χ1v) is 23.4. The van der Waals surface area contributed by atoms with Crippen LogP contribution in [0, 0.1) is 11.8 Å². The molecule has 334 valence electrons. The summed E-state index contributed by atoms with van der Waals surface area (Å²) in [5.41, 5.74) is 2.02. The number of hydrogen-bond donors (Lipinski definition) is 1. The second-order valence-corrected chi connectivity index (χ2v) is 16.3. The lowest BCUT2D eigenvalue weighted by atomic mass is 9.96. The van der Waals surface area contributed by atoms with Gasteiger partial charge in [0.25, 0.3) is 0 Å². The topological polar surface area (TPSA) is 103 Å². The van der Waals surface area contributed by atoms with Gasteiger partial charge in [-0.2, -0.15) is 0 Å². The summed E-state index contributed by atoms with van der Waals surface area (Å²) in [7, 11) is 0. The van der Waals surface area contributed by atoms with Crippen LogP contribution in [0.1, 0.15) is 134 Å². The minimum atomic E-state index is -0.0271. The van der Waals surface area contributed by atoms with E-state index < -0.39 is 0 Å². The first-order valence-electron chi connectivity index (χ1n) is 23.4. The van der Waals surface area contributed by atoms with Gasteiger partial charge in [0.1, 0.15) is 17.8 Å². The van der Waals surface area contributed by atoms with Crippen molar-refractivity contribution < 1.29 is 33.3 Å². The maximum Gasteiger partial charge on any atom is 0.309 e. The average molecular weight is 839 g/mol. The molecule has 0 amide bonds. The molecule has 2 fully saturated rings. The van der Waals surface area contributed by atoms with Crippen molar-refractivity contribution >= 4 is 39.8 Å². The highest BCUT2D eigenvalue weighted by Gasteiger charge is 2.26. The zero-order valence-corrected chi connectivity index (χ0v) is 37.7. The molecule has 0 radical (unpaired) electrons. The Labute approximate surface area is 366 Å². The number of aldehydes is 1. The van der Waals surface area contributed by atoms with Crippen molar-refractivity contribution in [3.05, 3.63) is 83.9 Å². The van der Waals surface area contributed by atoms with Crippen LogP contribution in [-0.4, -0.2) is 75.7 Å². The van der Waals surface area contributed by atoms with E-state index in [1.54, 1.807) is 0 Å². The van der Waals surface area contributed by atoms with Crippen LogP contribution in [0.4, 0.5) is 0 Å². The summed E-state index contributed by atoms with van der Waals surface area (Å²) >= 11 is 0. The standard InChI is InChI=1S/C26H37NO3.C18H22O2.C8H15NO2/c1-3-5-6-7-8-18-30-25-11-9-10-23-19-21(12-13-24(23)25)20-27-16-14-22(15-17-27)26(28)29-4-2;1-2-3-4-5-6-12-20-18-9-7-8-16-13-15(14-19)10-11-17(16)18;1-2-11-8(10)7-3-5-9-6-4-7/h9-13,19,22H,3-8,14-18,20H2,1-2H3;7-11,13-14H,2-6,12H2,1H3;7,9H,2-6H2,1H3. The van der Waals surface area contributed by atoms with Gasteiger partial charge in [0.05, 0.1) is 38.3 Å². The quantitative estimate of drug-likeness (QED) is 0.0499. The molecule has 2 aliphatic rings. The zero-order valence-electron chi connectivity index (χ0n) is 37.7. The van der Waals surface area contributed by atoms with Gasteiger partial charge >= 0.3 is 11.9 Å². The zero-order chi connectivity index (χ0) is 43.5. The summed E-state index contributed by atoms with van der Waals surface area (Å²) in [6.07, 6.45) is 17.0. The molecule has 1 N–H and O–H groups in total. The van der Waals surface area contributed by atoms with Crippen LogP contribution in [0.3, 0.4) is 0 Å². The minimum absolute atomic E-state index is 0.0194. The number of nitrogens with zero attached hydrogens (tertiary/aromatic N) is 1. The lowest BCUT2D eigenvalue weighted by Crippen LogP contribution is -2.36. The summed E-state index contributed by atoms with van der Waals surface area (Å²) < 4.78 is 22.1. The number of nitrogens with one attached hydrogen (secondary N) is 1. The fourth-order valence-electron chi connectivity index (χ4n) is 7.94. The highest BCUT2D eigenvalue weighted by molar-refractivity contribution is 5.92. The Kier molecular flexibility index (Phi) is 23.3. The number of unbranched alkanes of at least 4 members (excludes halogenated alkanes) is 8. The molecule has 0 aliphatic carbocycles. The van der Waals surface area contributed by atoms with E-state index in [2.05, 4.69) is 60.5 Å². The second-order valence-electron chi connectivity index (χ2n) is 16.3. The van der Waals surface area contributed by atoms with E-state index in [1.165, 1.54) is 67.7 Å². The summed E-state index contributed by atoms with van der Waals surface area (Å²) in [4.78, 5) is 36.3. The number of ether oxygens (including phenoxy) is 4. The number of rotatable bonds is 21. The van der Waals surface area contributed by atoms with Crippen molar-refractivity contribution in [1.29, 1.82) is 0 Å². The Balaban J connectivity index is 0.000000226. The molecule has 0 atom stereocenters. The van der Waals surface area contributed by atoms with Crippen LogP contribution in [0.15, 0.2) is 72.8 Å². The predicted molar refractivity (Wildman–Crippen MR) is 249 cm³/mol. The van der Waals surface area contributed by atoms with E-state index in [-0.39, 0.29) is 23.8 Å². The number of carbonyl (C=O) groups excluding carboxylic acids is 3. The fraction of sp³-hybridized carbons (Fsp3) is 0.558. The molecule has 0 spiro atoms. The number of fused-ring (bicyclic) bond motifs is 2. The van der Waals surface area contributed by atoms with Crippen molar-refractivity contribution in [2.24, 2.45) is 11.8 Å². The summed E-state index contributed by atoms with van der Waals surface area (Å²) in [6, 6.07) is 24.7. The highest BCUT2D eigenvalue weighted by atomic mass is 16.5. The number of likely N-dealkylation sites (tertiary alicyclic amines) is 1. The number of carbonyl (C=O) groups is 3. The molecule has 6 rings (SSSR count). The molecule has 61 heavy (non-hydrogen) atoms. The van der Waals surface area contributed by atoms with Crippen molar-refractivity contribution in [2.75, 3.05) is 52.6 Å². The Bertz CT molecular complexity index is 1870. The average Bonchev–Trinajstić information content (AvgIpc) is 3.29. The molecule has 0 saturated carbocycles. The van der Waals surface area contributed by atoms with Crippen LogP contribution in [0.25, 0.3) is 21.5 Å². The summed E-state index contributed by atoms with van der Waals surface area (Å²) in [5.74, 6) is 2.07. The Morgan fingerprint density at radius 3 is 1.66 bits per heavy atom. The first kappa shape index (κ1) is 49.2. The molecule has 9 heteroatoms. The van der Waals surface area contributed by atoms with E-state index in [9.17, 15) is 14.4 Å². The normalized spacial score (nSPS) is 14.6. The van der Waals surface area contributed by atoms with Crippen molar-refractivity contribution in [3.63, 3.8) is 0 Å². The highest BCUT2D eigenvalue weighted by Crippen LogP contribution is 2.29. The third-order valence-corrected chi connectivity index (χ3v) is 11.5. The molecule has 2 saturated heterocycles. The van der Waals surface area contributed by atoms with Gasteiger partial charge < -0.3 is 24.3 Å². The number of hydrogen-bond acceptors (Lipinski definition) is 9. The van der Waals surface area contributed by atoms with E-state index >= 15 is 0 Å². The molecular weight excluding hydrogens is 765 g/mol. The second kappa shape index (κ2) is 28.9. The minimum Gasteiger partial charge on any atom is -0.493 e. The Hall–Kier alpha value is -4.47. The van der Waals surface area contributed by atoms with Gasteiger partial charge in [-0.25, -0.2) is 0 Å². The van der Waals surface area contributed by atoms with Gasteiger partial charge in [0, 0.05) is 22.9 Å². The number of esters is 2. The Morgan fingerprint density at radius 1 is 0.623 bits per heavy atom. The van der Waals surface area contributed by atoms with Crippen LogP contribution >= 0.6 is 0 Å². The maximum absolute atomic E-state index is 11.9. The van der Waals surface area contributed by atoms with Gasteiger partial charge in [-0.3, -0.25) is 19.3 Å². The van der Waals surface area contributed by atoms with Gasteiger partial charge in [0.15, 0.2) is 0 Å². The van der Waals surface area contributed by atoms with Crippen LogP contribution in [0.2, 0.25) is 0 Å². The molecule has 4 aromatic carbocycles. The molecule has 9 nitrogen and oxygen atoms in total. The van der Waals surface area contributed by atoms with Crippen LogP contribution in [0.5, 0.6) is 11.5 Å². The van der Waals surface area contributed by atoms with E-state index in [0.29, 0.717) is 18.8 Å². The summed E-state index contributed by atoms with van der Waals surface area (Å²) in [5, 5.41) is 7.76. The van der Waals surface area contributed by atoms with Crippen LogP contribution < -0.4 is 14.8 Å². The molecular formula is C52H74N2O7.